The number of halogens is 2. The van der Waals surface area contributed by atoms with E-state index in [1.807, 2.05) is 0 Å². The summed E-state index contributed by atoms with van der Waals surface area (Å²) in [5.41, 5.74) is 0.732. The van der Waals surface area contributed by atoms with E-state index in [9.17, 15) is 18.4 Å². The van der Waals surface area contributed by atoms with Crippen molar-refractivity contribution >= 4 is 22.7 Å². The second-order valence-corrected chi connectivity index (χ2v) is 6.51. The number of aromatic nitrogens is 3. The minimum Gasteiger partial charge on any atom is -0.335 e. The van der Waals surface area contributed by atoms with Crippen molar-refractivity contribution in [1.29, 1.82) is 0 Å². The molecule has 9 heteroatoms. The minimum atomic E-state index is -0.510. The lowest BCUT2D eigenvalue weighted by atomic mass is 10.1. The van der Waals surface area contributed by atoms with Crippen LogP contribution >= 0.6 is 0 Å². The first-order valence-electron chi connectivity index (χ1n) is 9.14. The Hall–Kier alpha value is -3.88. The van der Waals surface area contributed by atoms with Crippen molar-refractivity contribution < 1.29 is 18.1 Å². The average molecular weight is 410 g/mol. The zero-order chi connectivity index (χ0) is 21.3. The van der Waals surface area contributed by atoms with Gasteiger partial charge >= 0.3 is 0 Å². The fourth-order valence-corrected chi connectivity index (χ4v) is 3.15. The third kappa shape index (κ3) is 3.57. The lowest BCUT2D eigenvalue weighted by Crippen LogP contribution is -2.36. The van der Waals surface area contributed by atoms with E-state index in [2.05, 4.69) is 10.1 Å². The number of rotatable bonds is 5. The second-order valence-electron chi connectivity index (χ2n) is 6.51. The van der Waals surface area contributed by atoms with Crippen molar-refractivity contribution in [3.8, 4) is 11.3 Å². The lowest BCUT2D eigenvalue weighted by molar-refractivity contribution is -0.119. The van der Waals surface area contributed by atoms with E-state index in [0.717, 1.165) is 4.57 Å². The van der Waals surface area contributed by atoms with E-state index in [1.165, 1.54) is 59.8 Å². The topological polar surface area (TPSA) is 81.2 Å². The zero-order valence-electron chi connectivity index (χ0n) is 15.9. The van der Waals surface area contributed by atoms with Gasteiger partial charge in [0.1, 0.15) is 35.6 Å². The zero-order valence-corrected chi connectivity index (χ0v) is 15.9. The predicted molar refractivity (Wildman–Crippen MR) is 106 cm³/mol. The first-order valence-corrected chi connectivity index (χ1v) is 9.14. The fraction of sp³-hybridized carbons (Fsp3) is 0.143. The quantitative estimate of drug-likeness (QED) is 0.504. The van der Waals surface area contributed by atoms with E-state index < -0.39 is 17.2 Å². The largest absolute Gasteiger partial charge is 0.335 e. The molecule has 1 amide bonds. The van der Waals surface area contributed by atoms with Crippen molar-refractivity contribution in [2.75, 3.05) is 11.4 Å². The Kier molecular flexibility index (Phi) is 5.09. The van der Waals surface area contributed by atoms with E-state index >= 15 is 0 Å². The molecule has 0 spiro atoms. The highest BCUT2D eigenvalue weighted by Gasteiger charge is 2.20. The van der Waals surface area contributed by atoms with Crippen molar-refractivity contribution in [3.05, 3.63) is 76.8 Å². The summed E-state index contributed by atoms with van der Waals surface area (Å²) in [6.45, 7) is 1.84. The van der Waals surface area contributed by atoms with Gasteiger partial charge in [-0.05, 0) is 55.5 Å². The highest BCUT2D eigenvalue weighted by Crippen LogP contribution is 2.24. The number of benzene rings is 2. The summed E-state index contributed by atoms with van der Waals surface area (Å²) in [7, 11) is 0. The molecule has 152 valence electrons. The molecule has 0 atom stereocenters. The molecule has 30 heavy (non-hydrogen) atoms. The number of carbonyl (C=O) groups is 1. The van der Waals surface area contributed by atoms with Gasteiger partial charge in [0.2, 0.25) is 5.91 Å². The van der Waals surface area contributed by atoms with Gasteiger partial charge in [0.15, 0.2) is 0 Å². The molecule has 0 radical (unpaired) electrons. The van der Waals surface area contributed by atoms with Crippen LogP contribution in [0, 0.1) is 11.6 Å². The van der Waals surface area contributed by atoms with Crippen molar-refractivity contribution in [3.63, 3.8) is 0 Å². The third-order valence-electron chi connectivity index (χ3n) is 4.64. The van der Waals surface area contributed by atoms with Crippen LogP contribution in [0.15, 0.2) is 64.2 Å². The lowest BCUT2D eigenvalue weighted by Gasteiger charge is -2.21. The van der Waals surface area contributed by atoms with E-state index in [1.54, 1.807) is 6.92 Å². The van der Waals surface area contributed by atoms with Gasteiger partial charge in [-0.15, -0.1) is 0 Å². The molecule has 0 aliphatic carbocycles. The second kappa shape index (κ2) is 7.86. The van der Waals surface area contributed by atoms with Crippen LogP contribution in [-0.2, 0) is 11.3 Å². The Labute approximate surface area is 169 Å². The number of anilines is 1. The Morgan fingerprint density at radius 1 is 1.07 bits per heavy atom. The molecular formula is C21H16F2N4O3. The van der Waals surface area contributed by atoms with Gasteiger partial charge in [0.25, 0.3) is 11.3 Å². The van der Waals surface area contributed by atoms with Crippen molar-refractivity contribution in [1.82, 2.24) is 14.7 Å². The van der Waals surface area contributed by atoms with Crippen LogP contribution in [-0.4, -0.2) is 27.2 Å². The monoisotopic (exact) mass is 410 g/mol. The van der Waals surface area contributed by atoms with Gasteiger partial charge in [-0.3, -0.25) is 14.2 Å². The Morgan fingerprint density at radius 3 is 2.33 bits per heavy atom. The van der Waals surface area contributed by atoms with Crippen LogP contribution in [0.4, 0.5) is 14.5 Å². The first-order chi connectivity index (χ1) is 14.5. The highest BCUT2D eigenvalue weighted by molar-refractivity contribution is 5.93. The van der Waals surface area contributed by atoms with Crippen LogP contribution in [0.5, 0.6) is 0 Å². The SMILES string of the molecule is CCN(C(=O)Cn1cnc2onc(-c3ccc(F)cc3)c2c1=O)c1ccc(F)cc1. The van der Waals surface area contributed by atoms with E-state index in [0.29, 0.717) is 17.8 Å². The number of likely N-dealkylation sites (N-methyl/N-ethyl adjacent to an activating group) is 1. The summed E-state index contributed by atoms with van der Waals surface area (Å²) >= 11 is 0. The van der Waals surface area contributed by atoms with Crippen LogP contribution < -0.4 is 10.5 Å². The molecule has 2 aromatic heterocycles. The normalized spacial score (nSPS) is 11.0. The first kappa shape index (κ1) is 19.4. The summed E-state index contributed by atoms with van der Waals surface area (Å²) in [4.78, 5) is 31.3. The highest BCUT2D eigenvalue weighted by atomic mass is 19.1. The number of hydrogen-bond donors (Lipinski definition) is 0. The molecule has 0 aliphatic rings. The molecule has 0 bridgehead atoms. The minimum absolute atomic E-state index is 0.0221. The summed E-state index contributed by atoms with van der Waals surface area (Å²) in [6, 6.07) is 10.9. The molecule has 2 aromatic carbocycles. The Morgan fingerprint density at radius 2 is 1.70 bits per heavy atom. The third-order valence-corrected chi connectivity index (χ3v) is 4.64. The van der Waals surface area contributed by atoms with Gasteiger partial charge < -0.3 is 9.42 Å². The summed E-state index contributed by atoms with van der Waals surface area (Å²) in [5, 5.41) is 3.98. The summed E-state index contributed by atoms with van der Waals surface area (Å²) in [6.07, 6.45) is 1.21. The maximum Gasteiger partial charge on any atom is 0.267 e. The van der Waals surface area contributed by atoms with Gasteiger partial charge in [-0.25, -0.2) is 13.8 Å². The smallest absolute Gasteiger partial charge is 0.267 e. The predicted octanol–water partition coefficient (Wildman–Crippen LogP) is 3.38. The van der Waals surface area contributed by atoms with Gasteiger partial charge in [0, 0.05) is 17.8 Å². The molecule has 0 aliphatic heterocycles. The number of carbonyl (C=O) groups excluding carboxylic acids is 1. The van der Waals surface area contributed by atoms with E-state index in [4.69, 9.17) is 4.52 Å². The molecule has 0 fully saturated rings. The van der Waals surface area contributed by atoms with Gasteiger partial charge in [0.05, 0.1) is 0 Å². The number of amides is 1. The van der Waals surface area contributed by atoms with Crippen LogP contribution in [0.1, 0.15) is 6.92 Å². The molecule has 0 saturated carbocycles. The molecule has 0 N–H and O–H groups in total. The molecule has 7 nitrogen and oxygen atoms in total. The number of hydrogen-bond acceptors (Lipinski definition) is 5. The van der Waals surface area contributed by atoms with Gasteiger partial charge in [-0.1, -0.05) is 5.16 Å². The Bertz CT molecular complexity index is 1260. The van der Waals surface area contributed by atoms with E-state index in [-0.39, 0.29) is 29.2 Å². The van der Waals surface area contributed by atoms with Gasteiger partial charge in [-0.2, -0.15) is 0 Å². The van der Waals surface area contributed by atoms with Crippen molar-refractivity contribution in [2.24, 2.45) is 0 Å². The molecule has 2 heterocycles. The molecule has 4 aromatic rings. The van der Waals surface area contributed by atoms with Crippen LogP contribution in [0.2, 0.25) is 0 Å². The number of fused-ring (bicyclic) bond motifs is 1. The van der Waals surface area contributed by atoms with Crippen molar-refractivity contribution in [2.45, 2.75) is 13.5 Å². The Balaban J connectivity index is 1.69. The maximum absolute atomic E-state index is 13.2. The summed E-state index contributed by atoms with van der Waals surface area (Å²) in [5.74, 6) is -1.20. The number of nitrogens with zero attached hydrogens (tertiary/aromatic N) is 4. The maximum atomic E-state index is 13.2. The van der Waals surface area contributed by atoms with Crippen LogP contribution in [0.25, 0.3) is 22.4 Å². The molecular weight excluding hydrogens is 394 g/mol. The molecule has 4 rings (SSSR count). The standard InChI is InChI=1S/C21H16F2N4O3/c1-2-27(16-9-7-15(23)8-10-16)17(28)11-26-12-24-20-18(21(26)29)19(25-30-20)13-3-5-14(22)6-4-13/h3-10,12H,2,11H2,1H3. The average Bonchev–Trinajstić information content (AvgIpc) is 3.17. The molecule has 0 unspecified atom stereocenters. The fourth-order valence-electron chi connectivity index (χ4n) is 3.15. The molecule has 0 saturated heterocycles. The van der Waals surface area contributed by atoms with Crippen LogP contribution in [0.3, 0.4) is 0 Å². The summed E-state index contributed by atoms with van der Waals surface area (Å²) < 4.78 is 32.7.